The summed E-state index contributed by atoms with van der Waals surface area (Å²) < 4.78 is 1.50. The van der Waals surface area contributed by atoms with E-state index in [2.05, 4.69) is 25.3 Å². The fraction of sp³-hybridized carbons (Fsp3) is 0.429. The number of hydrogen-bond acceptors (Lipinski definition) is 6. The van der Waals surface area contributed by atoms with E-state index in [0.717, 1.165) is 0 Å². The van der Waals surface area contributed by atoms with Gasteiger partial charge in [0.1, 0.15) is 12.7 Å². The highest BCUT2D eigenvalue weighted by molar-refractivity contribution is 5.11. The lowest BCUT2D eigenvalue weighted by molar-refractivity contribution is 0.778. The summed E-state index contributed by atoms with van der Waals surface area (Å²) in [5.74, 6) is 0.801. The molecule has 0 spiro atoms. The summed E-state index contributed by atoms with van der Waals surface area (Å²) in [4.78, 5) is 7.17. The first-order valence-electron chi connectivity index (χ1n) is 4.40. The van der Waals surface area contributed by atoms with Crippen molar-refractivity contribution in [2.75, 3.05) is 11.5 Å². The van der Waals surface area contributed by atoms with Gasteiger partial charge in [-0.3, -0.25) is 0 Å². The van der Waals surface area contributed by atoms with Crippen LogP contribution in [0.25, 0.3) is 0 Å². The van der Waals surface area contributed by atoms with Crippen LogP contribution in [0.15, 0.2) is 12.7 Å². The third-order valence-corrected chi connectivity index (χ3v) is 1.18. The Hall–Kier alpha value is -2.12. The molecule has 0 aliphatic heterocycles. The van der Waals surface area contributed by atoms with Gasteiger partial charge in [-0.05, 0) is 0 Å². The molecule has 0 bridgehead atoms. The number of H-pyrrole nitrogens is 1. The van der Waals surface area contributed by atoms with Gasteiger partial charge in [0.15, 0.2) is 0 Å². The molecule has 0 amide bonds. The Kier molecular flexibility index (Phi) is 6.27. The zero-order valence-corrected chi connectivity index (χ0v) is 9.05. The Morgan fingerprint density at radius 1 is 1.20 bits per heavy atom. The third-order valence-electron chi connectivity index (χ3n) is 1.18. The summed E-state index contributed by atoms with van der Waals surface area (Å²) in [5.41, 5.74) is 10.3. The zero-order chi connectivity index (χ0) is 11.7. The van der Waals surface area contributed by atoms with E-state index in [1.54, 1.807) is 7.05 Å². The van der Waals surface area contributed by atoms with E-state index in [0.29, 0.717) is 11.9 Å². The number of rotatable bonds is 0. The van der Waals surface area contributed by atoms with Gasteiger partial charge in [-0.25, -0.2) is 19.7 Å². The lowest BCUT2D eigenvalue weighted by Gasteiger charge is -1.84. The lowest BCUT2D eigenvalue weighted by atomic mass is 11.0. The summed E-state index contributed by atoms with van der Waals surface area (Å²) in [6.07, 6.45) is 2.77. The van der Waals surface area contributed by atoms with E-state index >= 15 is 0 Å². The lowest BCUT2D eigenvalue weighted by Crippen LogP contribution is -1.97. The molecule has 5 N–H and O–H groups in total. The number of nitrogens with zero attached hydrogens (tertiary/aromatic N) is 5. The topological polar surface area (TPSA) is 124 Å². The van der Waals surface area contributed by atoms with E-state index in [1.807, 2.05) is 13.8 Å². The molecule has 0 saturated heterocycles. The second-order valence-electron chi connectivity index (χ2n) is 2.11. The van der Waals surface area contributed by atoms with Crippen molar-refractivity contribution in [3.63, 3.8) is 0 Å². The van der Waals surface area contributed by atoms with E-state index in [1.165, 1.54) is 17.3 Å². The van der Waals surface area contributed by atoms with Crippen molar-refractivity contribution in [2.45, 2.75) is 13.8 Å². The van der Waals surface area contributed by atoms with E-state index in [9.17, 15) is 0 Å². The third kappa shape index (κ3) is 5.24. The molecule has 2 aromatic heterocycles. The van der Waals surface area contributed by atoms with Crippen LogP contribution in [0.3, 0.4) is 0 Å². The molecule has 0 atom stereocenters. The minimum Gasteiger partial charge on any atom is -0.368 e. The second kappa shape index (κ2) is 7.30. The van der Waals surface area contributed by atoms with Crippen LogP contribution >= 0.6 is 0 Å². The molecule has 15 heavy (non-hydrogen) atoms. The molecule has 0 saturated carbocycles. The number of aryl methyl sites for hydroxylation is 1. The minimum absolute atomic E-state index is 0.356. The van der Waals surface area contributed by atoms with Crippen molar-refractivity contribution < 1.29 is 0 Å². The van der Waals surface area contributed by atoms with Crippen molar-refractivity contribution in [2.24, 2.45) is 7.05 Å². The Morgan fingerprint density at radius 3 is 2.00 bits per heavy atom. The van der Waals surface area contributed by atoms with Gasteiger partial charge in [-0.2, -0.15) is 10.2 Å². The summed E-state index contributed by atoms with van der Waals surface area (Å²) in [5, 5.41) is 9.57. The van der Waals surface area contributed by atoms with Crippen LogP contribution in [0.5, 0.6) is 0 Å². The molecule has 8 nitrogen and oxygen atoms in total. The molecule has 84 valence electrons. The predicted octanol–water partition coefficient (Wildman–Crippen LogP) is -0.190. The summed E-state index contributed by atoms with van der Waals surface area (Å²) in [7, 11) is 1.74. The Morgan fingerprint density at radius 2 is 1.87 bits per heavy atom. The molecule has 0 fully saturated rings. The SMILES string of the molecule is CC.Cn1ncnc1N.Nc1ncn[nH]1. The number of anilines is 2. The first-order chi connectivity index (χ1) is 7.20. The molecule has 8 heteroatoms. The quantitative estimate of drug-likeness (QED) is 0.556. The minimum atomic E-state index is 0.356. The normalized spacial score (nSPS) is 8.20. The monoisotopic (exact) mass is 212 g/mol. The molecule has 2 heterocycles. The zero-order valence-electron chi connectivity index (χ0n) is 9.05. The van der Waals surface area contributed by atoms with Gasteiger partial charge in [0.05, 0.1) is 0 Å². The van der Waals surface area contributed by atoms with Crippen LogP contribution in [0.1, 0.15) is 13.8 Å². The fourth-order valence-corrected chi connectivity index (χ4v) is 0.520. The highest BCUT2D eigenvalue weighted by atomic mass is 15.3. The maximum Gasteiger partial charge on any atom is 0.218 e. The molecule has 0 aromatic carbocycles. The molecule has 0 aliphatic rings. The molecule has 0 aliphatic carbocycles. The molecule has 2 rings (SSSR count). The molecule has 0 unspecified atom stereocenters. The Labute approximate surface area is 87.7 Å². The molecule has 0 radical (unpaired) electrons. The smallest absolute Gasteiger partial charge is 0.218 e. The number of nitrogen functional groups attached to an aromatic ring is 2. The van der Waals surface area contributed by atoms with Gasteiger partial charge < -0.3 is 11.5 Å². The summed E-state index contributed by atoms with van der Waals surface area (Å²) in [6.45, 7) is 4.00. The largest absolute Gasteiger partial charge is 0.368 e. The van der Waals surface area contributed by atoms with E-state index in [4.69, 9.17) is 11.5 Å². The maximum atomic E-state index is 5.23. The van der Waals surface area contributed by atoms with Crippen molar-refractivity contribution >= 4 is 11.9 Å². The Bertz CT molecular complexity index is 321. The number of hydrogen-bond donors (Lipinski definition) is 3. The number of aromatic amines is 1. The fourth-order valence-electron chi connectivity index (χ4n) is 0.520. The van der Waals surface area contributed by atoms with Gasteiger partial charge >= 0.3 is 0 Å². The predicted molar refractivity (Wildman–Crippen MR) is 57.6 cm³/mol. The van der Waals surface area contributed by atoms with Crippen LogP contribution in [0.2, 0.25) is 0 Å². The van der Waals surface area contributed by atoms with Gasteiger partial charge in [-0.15, -0.1) is 0 Å². The first kappa shape index (κ1) is 12.9. The van der Waals surface area contributed by atoms with E-state index < -0.39 is 0 Å². The maximum absolute atomic E-state index is 5.23. The van der Waals surface area contributed by atoms with Gasteiger partial charge in [0.25, 0.3) is 0 Å². The summed E-state index contributed by atoms with van der Waals surface area (Å²) in [6, 6.07) is 0. The number of aromatic nitrogens is 6. The Balaban J connectivity index is 0.000000227. The van der Waals surface area contributed by atoms with Crippen LogP contribution in [-0.2, 0) is 7.05 Å². The van der Waals surface area contributed by atoms with Crippen LogP contribution < -0.4 is 11.5 Å². The summed E-state index contributed by atoms with van der Waals surface area (Å²) >= 11 is 0. The van der Waals surface area contributed by atoms with Gasteiger partial charge in [0.2, 0.25) is 11.9 Å². The first-order valence-corrected chi connectivity index (χ1v) is 4.40. The van der Waals surface area contributed by atoms with Crippen molar-refractivity contribution in [1.82, 2.24) is 29.9 Å². The highest BCUT2D eigenvalue weighted by Gasteiger charge is 1.86. The molecule has 2 aromatic rings. The second-order valence-corrected chi connectivity index (χ2v) is 2.11. The van der Waals surface area contributed by atoms with Gasteiger partial charge in [0, 0.05) is 7.05 Å². The van der Waals surface area contributed by atoms with Crippen molar-refractivity contribution in [3.8, 4) is 0 Å². The average molecular weight is 212 g/mol. The molecular weight excluding hydrogens is 196 g/mol. The van der Waals surface area contributed by atoms with Crippen LogP contribution in [0, 0.1) is 0 Å². The van der Waals surface area contributed by atoms with Crippen molar-refractivity contribution in [3.05, 3.63) is 12.7 Å². The standard InChI is InChI=1S/C3H6N4.C2H4N4.C2H6/c1-7-3(4)5-2-6-7;3-2-4-1-5-6-2;1-2/h2H,1H3,(H2,4,5,6);1H,(H3,3,4,5,6);1-2H3. The average Bonchev–Trinajstić information content (AvgIpc) is 2.84. The van der Waals surface area contributed by atoms with Crippen LogP contribution in [0.4, 0.5) is 11.9 Å². The van der Waals surface area contributed by atoms with Crippen molar-refractivity contribution in [1.29, 1.82) is 0 Å². The highest BCUT2D eigenvalue weighted by Crippen LogP contribution is 1.85. The van der Waals surface area contributed by atoms with E-state index in [-0.39, 0.29) is 0 Å². The number of nitrogens with two attached hydrogens (primary N) is 2. The van der Waals surface area contributed by atoms with Crippen LogP contribution in [-0.4, -0.2) is 29.9 Å². The van der Waals surface area contributed by atoms with Gasteiger partial charge in [-0.1, -0.05) is 13.8 Å². The molecular formula is C7H16N8. The number of nitrogens with one attached hydrogen (secondary N) is 1.